The lowest BCUT2D eigenvalue weighted by molar-refractivity contribution is -0.144. The van der Waals surface area contributed by atoms with Gasteiger partial charge in [-0.15, -0.1) is 0 Å². The Balaban J connectivity index is 2.11. The van der Waals surface area contributed by atoms with Crippen molar-refractivity contribution in [1.82, 2.24) is 15.1 Å². The first kappa shape index (κ1) is 21.0. The Kier molecular flexibility index (Phi) is 3.99. The molecule has 3 atom stereocenters. The summed E-state index contributed by atoms with van der Waals surface area (Å²) in [6, 6.07) is 2.88. The maximum atomic E-state index is 13.7. The average Bonchev–Trinajstić information content (AvgIpc) is 3.28. The predicted octanol–water partition coefficient (Wildman–Crippen LogP) is 2.87. The third kappa shape index (κ3) is 2.27. The van der Waals surface area contributed by atoms with Crippen molar-refractivity contribution in [3.8, 4) is 6.07 Å². The van der Waals surface area contributed by atoms with Gasteiger partial charge in [-0.1, -0.05) is 26.8 Å². The van der Waals surface area contributed by atoms with Crippen LogP contribution in [0.2, 0.25) is 0 Å². The maximum absolute atomic E-state index is 13.7. The largest absolute Gasteiger partial charge is 0.465 e. The number of rotatable bonds is 1. The normalized spacial score (nSPS) is 29.8. The number of alkyl halides is 3. The molecule has 0 saturated carbocycles. The van der Waals surface area contributed by atoms with Gasteiger partial charge < -0.3 is 5.11 Å². The molecule has 1 aromatic carbocycles. The Hall–Kier alpha value is -3.29. The summed E-state index contributed by atoms with van der Waals surface area (Å²) < 4.78 is 41.1. The van der Waals surface area contributed by atoms with E-state index in [4.69, 9.17) is 5.26 Å². The predicted molar refractivity (Wildman–Crippen MR) is 98.5 cm³/mol. The van der Waals surface area contributed by atoms with Crippen molar-refractivity contribution in [2.24, 2.45) is 5.41 Å². The lowest BCUT2D eigenvalue weighted by Crippen LogP contribution is -2.73. The Morgan fingerprint density at radius 3 is 2.45 bits per heavy atom. The number of carboxylic acid groups (broad SMARTS) is 1. The molecule has 1 aromatic rings. The molecule has 0 aliphatic carbocycles. The number of piperazine rings is 1. The second-order valence-electron chi connectivity index (χ2n) is 9.07. The summed E-state index contributed by atoms with van der Waals surface area (Å²) in [5.74, 6) is -0.876. The Labute approximate surface area is 175 Å². The highest BCUT2D eigenvalue weighted by Gasteiger charge is 2.81. The molecule has 3 saturated heterocycles. The third-order valence-electron chi connectivity index (χ3n) is 6.81. The van der Waals surface area contributed by atoms with Crippen LogP contribution >= 0.6 is 0 Å². The minimum absolute atomic E-state index is 0.0581. The van der Waals surface area contributed by atoms with Crippen molar-refractivity contribution in [2.45, 2.75) is 50.5 Å². The number of likely N-dealkylation sites (tertiary alicyclic amines) is 1. The van der Waals surface area contributed by atoms with E-state index in [9.17, 15) is 32.7 Å². The molecule has 3 aliphatic heterocycles. The molecule has 2 N–H and O–H groups in total. The molecule has 164 valence electrons. The number of benzene rings is 1. The maximum Gasteiger partial charge on any atom is 0.417 e. The molecule has 8 nitrogen and oxygen atoms in total. The van der Waals surface area contributed by atoms with Crippen molar-refractivity contribution >= 4 is 18.0 Å². The second kappa shape index (κ2) is 5.90. The molecule has 31 heavy (non-hydrogen) atoms. The van der Waals surface area contributed by atoms with Crippen molar-refractivity contribution in [1.29, 1.82) is 5.26 Å². The number of imide groups is 1. The first-order valence-electron chi connectivity index (χ1n) is 9.50. The zero-order chi connectivity index (χ0) is 23.1. The van der Waals surface area contributed by atoms with E-state index in [0.29, 0.717) is 6.07 Å². The number of carbonyl (C=O) groups excluding carboxylic acids is 2. The zero-order valence-corrected chi connectivity index (χ0v) is 16.9. The average molecular weight is 436 g/mol. The molecule has 4 rings (SSSR count). The number of hydrogen-bond donors (Lipinski definition) is 2. The molecule has 0 aromatic heterocycles. The van der Waals surface area contributed by atoms with E-state index in [1.165, 1.54) is 17.0 Å². The number of nitrogens with zero attached hydrogens (tertiary/aromatic N) is 3. The summed E-state index contributed by atoms with van der Waals surface area (Å²) in [4.78, 5) is 40.6. The van der Waals surface area contributed by atoms with Crippen molar-refractivity contribution in [3.63, 3.8) is 0 Å². The van der Waals surface area contributed by atoms with Crippen LogP contribution in [0.1, 0.15) is 43.9 Å². The molecule has 3 aliphatic rings. The molecule has 3 unspecified atom stereocenters. The van der Waals surface area contributed by atoms with Gasteiger partial charge in [0.1, 0.15) is 0 Å². The van der Waals surface area contributed by atoms with Crippen LogP contribution < -0.4 is 5.32 Å². The fourth-order valence-electron chi connectivity index (χ4n) is 5.84. The van der Waals surface area contributed by atoms with Crippen LogP contribution in [0, 0.1) is 16.7 Å². The summed E-state index contributed by atoms with van der Waals surface area (Å²) >= 11 is 0. The molecular weight excluding hydrogens is 417 g/mol. The van der Waals surface area contributed by atoms with Crippen molar-refractivity contribution in [2.75, 3.05) is 6.54 Å². The molecule has 2 bridgehead atoms. The minimum atomic E-state index is -4.89. The molecule has 0 radical (unpaired) electrons. The number of hydrogen-bond acceptors (Lipinski definition) is 4. The first-order chi connectivity index (χ1) is 14.2. The van der Waals surface area contributed by atoms with Gasteiger partial charge in [0.05, 0.1) is 28.8 Å². The van der Waals surface area contributed by atoms with Crippen LogP contribution in [0.5, 0.6) is 0 Å². The monoisotopic (exact) mass is 436 g/mol. The van der Waals surface area contributed by atoms with Gasteiger partial charge in [0, 0.05) is 6.54 Å². The summed E-state index contributed by atoms with van der Waals surface area (Å²) in [5, 5.41) is 21.3. The smallest absolute Gasteiger partial charge is 0.417 e. The van der Waals surface area contributed by atoms with Gasteiger partial charge in [-0.2, -0.15) is 18.4 Å². The molecular formula is C20H19F3N4O4. The van der Waals surface area contributed by atoms with Crippen LogP contribution in [-0.2, 0) is 16.5 Å². The lowest BCUT2D eigenvalue weighted by atomic mass is 9.59. The van der Waals surface area contributed by atoms with Crippen LogP contribution in [-0.4, -0.2) is 51.1 Å². The number of amides is 4. The molecule has 0 spiro atoms. The van der Waals surface area contributed by atoms with Gasteiger partial charge in [-0.05, 0) is 29.5 Å². The minimum Gasteiger partial charge on any atom is -0.465 e. The summed E-state index contributed by atoms with van der Waals surface area (Å²) in [7, 11) is 0. The number of urea groups is 1. The molecule has 4 amide bonds. The summed E-state index contributed by atoms with van der Waals surface area (Å²) in [6.45, 7) is 5.03. The Morgan fingerprint density at radius 2 is 1.94 bits per heavy atom. The van der Waals surface area contributed by atoms with E-state index in [2.05, 4.69) is 5.32 Å². The Bertz CT molecular complexity index is 1070. The number of nitriles is 1. The van der Waals surface area contributed by atoms with Gasteiger partial charge in [-0.3, -0.25) is 19.9 Å². The highest BCUT2D eigenvalue weighted by atomic mass is 19.4. The van der Waals surface area contributed by atoms with Crippen molar-refractivity contribution < 1.29 is 32.7 Å². The van der Waals surface area contributed by atoms with E-state index in [-0.39, 0.29) is 18.5 Å². The van der Waals surface area contributed by atoms with E-state index < -0.39 is 57.9 Å². The Morgan fingerprint density at radius 1 is 1.29 bits per heavy atom. The highest BCUT2D eigenvalue weighted by Crippen LogP contribution is 2.65. The lowest BCUT2D eigenvalue weighted by Gasteiger charge is -2.57. The standard InChI is InChI=1S/C20H19F3N4O4/c1-17(2,3)18-7-12(9-26(18)16(30)31)27-15(29)25-14(28)19(18,27)11-5-4-10(8-24)13(6-11)20(21,22)23/h4-6,12H,7,9H2,1-3H3,(H,30,31)(H,25,28,29). The summed E-state index contributed by atoms with van der Waals surface area (Å²) in [5.41, 5.74) is -6.52. The van der Waals surface area contributed by atoms with E-state index in [1.807, 2.05) is 0 Å². The molecule has 3 heterocycles. The SMILES string of the molecule is CC(C)(C)C12CC(CN1C(=O)O)N1C(=O)NC(=O)C12c1ccc(C#N)c(C(F)(F)F)c1. The zero-order valence-electron chi connectivity index (χ0n) is 16.9. The number of carbonyl (C=O) groups is 3. The van der Waals surface area contributed by atoms with Crippen LogP contribution in [0.15, 0.2) is 18.2 Å². The van der Waals surface area contributed by atoms with E-state index in [1.54, 1.807) is 20.8 Å². The molecule has 11 heteroatoms. The molecule has 3 fully saturated rings. The third-order valence-corrected chi connectivity index (χ3v) is 6.81. The quantitative estimate of drug-likeness (QED) is 0.658. The van der Waals surface area contributed by atoms with Gasteiger partial charge in [0.2, 0.25) is 0 Å². The fraction of sp³-hybridized carbons (Fsp3) is 0.500. The van der Waals surface area contributed by atoms with Crippen LogP contribution in [0.3, 0.4) is 0 Å². The van der Waals surface area contributed by atoms with Crippen LogP contribution in [0.25, 0.3) is 0 Å². The highest BCUT2D eigenvalue weighted by molar-refractivity contribution is 6.10. The summed E-state index contributed by atoms with van der Waals surface area (Å²) in [6.07, 6.45) is -6.11. The van der Waals surface area contributed by atoms with Gasteiger partial charge in [-0.25, -0.2) is 9.59 Å². The number of fused-ring (bicyclic) bond motifs is 5. The second-order valence-corrected chi connectivity index (χ2v) is 9.07. The topological polar surface area (TPSA) is 114 Å². The van der Waals surface area contributed by atoms with E-state index >= 15 is 0 Å². The number of halogens is 3. The van der Waals surface area contributed by atoms with Gasteiger partial charge in [0.15, 0.2) is 5.54 Å². The first-order valence-corrected chi connectivity index (χ1v) is 9.50. The number of nitrogens with one attached hydrogen (secondary N) is 1. The van der Waals surface area contributed by atoms with Crippen LogP contribution in [0.4, 0.5) is 22.8 Å². The fourth-order valence-corrected chi connectivity index (χ4v) is 5.84. The van der Waals surface area contributed by atoms with E-state index in [0.717, 1.165) is 11.0 Å². The van der Waals surface area contributed by atoms with Gasteiger partial charge >= 0.3 is 18.3 Å². The van der Waals surface area contributed by atoms with Gasteiger partial charge in [0.25, 0.3) is 5.91 Å². The van der Waals surface area contributed by atoms with Crippen molar-refractivity contribution in [3.05, 3.63) is 34.9 Å².